The van der Waals surface area contributed by atoms with Gasteiger partial charge in [-0.3, -0.25) is 4.79 Å². The molecule has 0 radical (unpaired) electrons. The van der Waals surface area contributed by atoms with Crippen molar-refractivity contribution in [1.29, 1.82) is 0 Å². The molecule has 1 amide bonds. The maximum Gasteiger partial charge on any atom is 0.240 e. The third-order valence-corrected chi connectivity index (χ3v) is 6.25. The van der Waals surface area contributed by atoms with Crippen LogP contribution in [0.2, 0.25) is 0 Å². The molecule has 7 nitrogen and oxygen atoms in total. The van der Waals surface area contributed by atoms with Gasteiger partial charge in [0, 0.05) is 26.1 Å². The molecule has 0 atom stereocenters. The number of nitrogens with zero attached hydrogens (tertiary/aromatic N) is 2. The number of aromatic nitrogens is 1. The predicted molar refractivity (Wildman–Crippen MR) is 120 cm³/mol. The van der Waals surface area contributed by atoms with Gasteiger partial charge in [-0.25, -0.2) is 18.1 Å². The van der Waals surface area contributed by atoms with Gasteiger partial charge in [0.2, 0.25) is 15.9 Å². The molecular weight excluding hydrogens is 400 g/mol. The molecule has 0 aliphatic carbocycles. The first-order valence-electron chi connectivity index (χ1n) is 9.92. The van der Waals surface area contributed by atoms with Crippen molar-refractivity contribution in [3.8, 4) is 0 Å². The Morgan fingerprint density at radius 1 is 1.00 bits per heavy atom. The SMILES string of the molecule is CCN(CC)c1ccc(NC(=O)CCNS(=O)(=O)c2ccc3ccccc3c2)cn1. The number of pyridine rings is 1. The minimum Gasteiger partial charge on any atom is -0.357 e. The summed E-state index contributed by atoms with van der Waals surface area (Å²) in [6.45, 7) is 5.82. The van der Waals surface area contributed by atoms with Gasteiger partial charge in [0.25, 0.3) is 0 Å². The molecule has 0 saturated carbocycles. The number of carbonyl (C=O) groups excluding carboxylic acids is 1. The van der Waals surface area contributed by atoms with Crippen LogP contribution >= 0.6 is 0 Å². The summed E-state index contributed by atoms with van der Waals surface area (Å²) in [5.74, 6) is 0.565. The fourth-order valence-corrected chi connectivity index (χ4v) is 4.20. The summed E-state index contributed by atoms with van der Waals surface area (Å²) in [5, 5.41) is 4.55. The Morgan fingerprint density at radius 3 is 2.40 bits per heavy atom. The highest BCUT2D eigenvalue weighted by Crippen LogP contribution is 2.19. The van der Waals surface area contributed by atoms with Crippen LogP contribution in [0.5, 0.6) is 0 Å². The number of anilines is 2. The molecule has 158 valence electrons. The third-order valence-electron chi connectivity index (χ3n) is 4.79. The summed E-state index contributed by atoms with van der Waals surface area (Å²) < 4.78 is 27.5. The smallest absolute Gasteiger partial charge is 0.240 e. The van der Waals surface area contributed by atoms with E-state index in [1.807, 2.05) is 30.3 Å². The molecule has 8 heteroatoms. The molecule has 2 aromatic carbocycles. The lowest BCUT2D eigenvalue weighted by Crippen LogP contribution is -2.28. The molecule has 0 aliphatic heterocycles. The van der Waals surface area contributed by atoms with Crippen molar-refractivity contribution in [2.24, 2.45) is 0 Å². The number of nitrogens with one attached hydrogen (secondary N) is 2. The monoisotopic (exact) mass is 426 g/mol. The molecule has 0 bridgehead atoms. The van der Waals surface area contributed by atoms with Crippen molar-refractivity contribution in [2.45, 2.75) is 25.2 Å². The van der Waals surface area contributed by atoms with E-state index in [1.165, 1.54) is 0 Å². The largest absolute Gasteiger partial charge is 0.357 e. The highest BCUT2D eigenvalue weighted by Gasteiger charge is 2.15. The topological polar surface area (TPSA) is 91.4 Å². The Labute approximate surface area is 177 Å². The summed E-state index contributed by atoms with van der Waals surface area (Å²) in [7, 11) is -3.69. The fourth-order valence-electron chi connectivity index (χ4n) is 3.13. The molecule has 3 aromatic rings. The molecule has 0 aliphatic rings. The Morgan fingerprint density at radius 2 is 1.73 bits per heavy atom. The van der Waals surface area contributed by atoms with Crippen molar-refractivity contribution >= 4 is 38.2 Å². The normalized spacial score (nSPS) is 11.4. The maximum absolute atomic E-state index is 12.5. The average molecular weight is 427 g/mol. The van der Waals surface area contributed by atoms with Crippen molar-refractivity contribution in [3.63, 3.8) is 0 Å². The summed E-state index contributed by atoms with van der Waals surface area (Å²) in [6, 6.07) is 16.2. The number of sulfonamides is 1. The second-order valence-electron chi connectivity index (χ2n) is 6.78. The highest BCUT2D eigenvalue weighted by atomic mass is 32.2. The lowest BCUT2D eigenvalue weighted by molar-refractivity contribution is -0.116. The molecule has 0 fully saturated rings. The first-order valence-corrected chi connectivity index (χ1v) is 11.4. The standard InChI is InChI=1S/C22H26N4O3S/c1-3-26(4-2)21-12-10-19(16-23-21)25-22(27)13-14-24-30(28,29)20-11-9-17-7-5-6-8-18(17)15-20/h5-12,15-16,24H,3-4,13-14H2,1-2H3,(H,25,27). The highest BCUT2D eigenvalue weighted by molar-refractivity contribution is 7.89. The molecule has 30 heavy (non-hydrogen) atoms. The van der Waals surface area contributed by atoms with Gasteiger partial charge in [-0.15, -0.1) is 0 Å². The summed E-state index contributed by atoms with van der Waals surface area (Å²) in [4.78, 5) is 18.8. The predicted octanol–water partition coefficient (Wildman–Crippen LogP) is 3.39. The molecule has 0 saturated heterocycles. The van der Waals surface area contributed by atoms with E-state index in [1.54, 1.807) is 30.5 Å². The van der Waals surface area contributed by atoms with E-state index >= 15 is 0 Å². The summed E-state index contributed by atoms with van der Waals surface area (Å²) in [6.07, 6.45) is 1.62. The number of hydrogen-bond donors (Lipinski definition) is 2. The number of benzene rings is 2. The van der Waals surface area contributed by atoms with Crippen molar-refractivity contribution in [3.05, 3.63) is 60.8 Å². The van der Waals surface area contributed by atoms with E-state index in [4.69, 9.17) is 0 Å². The number of amides is 1. The van der Waals surface area contributed by atoms with E-state index in [0.29, 0.717) is 5.69 Å². The van der Waals surface area contributed by atoms with Gasteiger partial charge < -0.3 is 10.2 Å². The van der Waals surface area contributed by atoms with E-state index < -0.39 is 10.0 Å². The van der Waals surface area contributed by atoms with Crippen LogP contribution in [-0.4, -0.2) is 38.9 Å². The number of hydrogen-bond acceptors (Lipinski definition) is 5. The lowest BCUT2D eigenvalue weighted by atomic mass is 10.1. The van der Waals surface area contributed by atoms with Gasteiger partial charge in [-0.05, 0) is 48.9 Å². The second kappa shape index (κ2) is 9.69. The molecule has 2 N–H and O–H groups in total. The molecule has 3 rings (SSSR count). The number of fused-ring (bicyclic) bond motifs is 1. The van der Waals surface area contributed by atoms with Gasteiger partial charge in [0.15, 0.2) is 0 Å². The van der Waals surface area contributed by atoms with Crippen LogP contribution in [0.1, 0.15) is 20.3 Å². The van der Waals surface area contributed by atoms with Crippen LogP contribution in [0, 0.1) is 0 Å². The lowest BCUT2D eigenvalue weighted by Gasteiger charge is -2.19. The summed E-state index contributed by atoms with van der Waals surface area (Å²) in [5.41, 5.74) is 0.577. The summed E-state index contributed by atoms with van der Waals surface area (Å²) >= 11 is 0. The van der Waals surface area contributed by atoms with Crippen LogP contribution in [0.4, 0.5) is 11.5 Å². The second-order valence-corrected chi connectivity index (χ2v) is 8.55. The van der Waals surface area contributed by atoms with Crippen LogP contribution in [0.3, 0.4) is 0 Å². The quantitative estimate of drug-likeness (QED) is 0.547. The zero-order valence-corrected chi connectivity index (χ0v) is 17.9. The Kier molecular flexibility index (Phi) is 7.02. The maximum atomic E-state index is 12.5. The van der Waals surface area contributed by atoms with Crippen LogP contribution in [0.25, 0.3) is 10.8 Å². The fraction of sp³-hybridized carbons (Fsp3) is 0.273. The van der Waals surface area contributed by atoms with E-state index in [0.717, 1.165) is 29.7 Å². The van der Waals surface area contributed by atoms with Crippen LogP contribution in [0.15, 0.2) is 65.7 Å². The average Bonchev–Trinajstić information content (AvgIpc) is 2.75. The Balaban J connectivity index is 1.54. The van der Waals surface area contributed by atoms with Gasteiger partial charge >= 0.3 is 0 Å². The first-order chi connectivity index (χ1) is 14.4. The van der Waals surface area contributed by atoms with Gasteiger partial charge in [0.1, 0.15) is 5.82 Å². The zero-order valence-electron chi connectivity index (χ0n) is 17.1. The first kappa shape index (κ1) is 21.7. The van der Waals surface area contributed by atoms with E-state index in [9.17, 15) is 13.2 Å². The molecule has 0 spiro atoms. The van der Waals surface area contributed by atoms with Gasteiger partial charge in [0.05, 0.1) is 16.8 Å². The third kappa shape index (κ3) is 5.34. The van der Waals surface area contributed by atoms with E-state index in [-0.39, 0.29) is 23.8 Å². The van der Waals surface area contributed by atoms with Crippen molar-refractivity contribution in [1.82, 2.24) is 9.71 Å². The Bertz CT molecular complexity index is 1110. The minimum absolute atomic E-state index is 0.00591. The van der Waals surface area contributed by atoms with Gasteiger partial charge in [-0.1, -0.05) is 30.3 Å². The van der Waals surface area contributed by atoms with Gasteiger partial charge in [-0.2, -0.15) is 0 Å². The van der Waals surface area contributed by atoms with E-state index in [2.05, 4.69) is 33.8 Å². The molecule has 1 heterocycles. The van der Waals surface area contributed by atoms with Crippen molar-refractivity contribution in [2.75, 3.05) is 29.9 Å². The van der Waals surface area contributed by atoms with Crippen LogP contribution < -0.4 is 14.9 Å². The molecule has 1 aromatic heterocycles. The number of carbonyl (C=O) groups is 1. The molecular formula is C22H26N4O3S. The Hall–Kier alpha value is -2.97. The number of rotatable bonds is 9. The minimum atomic E-state index is -3.69. The zero-order chi connectivity index (χ0) is 21.6. The van der Waals surface area contributed by atoms with Crippen LogP contribution in [-0.2, 0) is 14.8 Å². The molecule has 0 unspecified atom stereocenters. The van der Waals surface area contributed by atoms with Crippen molar-refractivity contribution < 1.29 is 13.2 Å².